The Hall–Kier alpha value is -2.17. The molecule has 1 atom stereocenters. The van der Waals surface area contributed by atoms with E-state index in [2.05, 4.69) is 118 Å². The average molecular weight is 416 g/mol. The first-order valence-electron chi connectivity index (χ1n) is 11.3. The molecule has 0 amide bonds. The van der Waals surface area contributed by atoms with E-state index in [-0.39, 0.29) is 0 Å². The van der Waals surface area contributed by atoms with Gasteiger partial charge in [-0.3, -0.25) is 0 Å². The van der Waals surface area contributed by atoms with Crippen molar-refractivity contribution in [2.45, 2.75) is 46.5 Å². The van der Waals surface area contributed by atoms with Crippen molar-refractivity contribution in [1.29, 1.82) is 0 Å². The van der Waals surface area contributed by atoms with Crippen LogP contribution in [0.2, 0.25) is 0 Å². The minimum Gasteiger partial charge on any atom is -0.0859 e. The highest BCUT2D eigenvalue weighted by molar-refractivity contribution is 7.95. The van der Waals surface area contributed by atoms with Gasteiger partial charge >= 0.3 is 0 Å². The summed E-state index contributed by atoms with van der Waals surface area (Å²) in [5.74, 6) is 0.768. The molecule has 0 unspecified atom stereocenters. The van der Waals surface area contributed by atoms with Crippen LogP contribution in [0.15, 0.2) is 103 Å². The smallest absolute Gasteiger partial charge is 0.0859 e. The second-order valence-electron chi connectivity index (χ2n) is 8.65. The summed E-state index contributed by atoms with van der Waals surface area (Å²) in [6.45, 7) is 6.82. The van der Waals surface area contributed by atoms with Crippen LogP contribution in [0, 0.1) is 5.92 Å². The molecule has 0 N–H and O–H groups in total. The van der Waals surface area contributed by atoms with E-state index < -0.39 is 7.26 Å². The summed E-state index contributed by atoms with van der Waals surface area (Å²) in [4.78, 5) is 0. The third-order valence-corrected chi connectivity index (χ3v) is 10.5. The Labute approximate surface area is 184 Å². The van der Waals surface area contributed by atoms with Crippen LogP contribution in [0.4, 0.5) is 0 Å². The van der Waals surface area contributed by atoms with Gasteiger partial charge in [-0.15, -0.1) is 0 Å². The van der Waals surface area contributed by atoms with E-state index in [1.54, 1.807) is 0 Å². The highest BCUT2D eigenvalue weighted by Gasteiger charge is 2.44. The first-order chi connectivity index (χ1) is 14.6. The van der Waals surface area contributed by atoms with Crippen LogP contribution < -0.4 is 15.9 Å². The monoisotopic (exact) mass is 415 g/mol. The minimum absolute atomic E-state index is 0.768. The van der Waals surface area contributed by atoms with Crippen LogP contribution in [0.1, 0.15) is 46.5 Å². The van der Waals surface area contributed by atoms with Gasteiger partial charge in [0.05, 0.1) is 6.16 Å². The summed E-state index contributed by atoms with van der Waals surface area (Å²) in [5.41, 5.74) is 1.43. The van der Waals surface area contributed by atoms with E-state index in [1.165, 1.54) is 53.3 Å². The van der Waals surface area contributed by atoms with Crippen molar-refractivity contribution >= 4 is 23.2 Å². The number of hydrogen-bond donors (Lipinski definition) is 0. The maximum absolute atomic E-state index is 2.42. The summed E-state index contributed by atoms with van der Waals surface area (Å²) in [6, 6.07) is 33.8. The van der Waals surface area contributed by atoms with Gasteiger partial charge in [0.15, 0.2) is 0 Å². The van der Waals surface area contributed by atoms with E-state index in [1.807, 2.05) is 0 Å². The predicted octanol–water partition coefficient (Wildman–Crippen LogP) is 7.14. The maximum Gasteiger partial charge on any atom is 0.112 e. The second kappa shape index (κ2) is 11.3. The Bertz CT molecular complexity index is 796. The van der Waals surface area contributed by atoms with Gasteiger partial charge in [0, 0.05) is 0 Å². The zero-order valence-electron chi connectivity index (χ0n) is 18.8. The van der Waals surface area contributed by atoms with E-state index >= 15 is 0 Å². The van der Waals surface area contributed by atoms with Crippen molar-refractivity contribution in [2.75, 3.05) is 6.16 Å². The molecular formula is C29H36P+. The number of benzene rings is 3. The number of hydrogen-bond acceptors (Lipinski definition) is 0. The topological polar surface area (TPSA) is 0 Å². The second-order valence-corrected chi connectivity index (χ2v) is 12.3. The average Bonchev–Trinajstić information content (AvgIpc) is 2.78. The van der Waals surface area contributed by atoms with Gasteiger partial charge in [0.1, 0.15) is 23.2 Å². The Kier molecular flexibility index (Phi) is 8.47. The zero-order valence-corrected chi connectivity index (χ0v) is 19.7. The maximum atomic E-state index is 2.42. The molecule has 0 saturated carbocycles. The van der Waals surface area contributed by atoms with Gasteiger partial charge in [0.25, 0.3) is 0 Å². The van der Waals surface area contributed by atoms with E-state index in [9.17, 15) is 0 Å². The highest BCUT2D eigenvalue weighted by Crippen LogP contribution is 2.56. The molecule has 0 bridgehead atoms. The van der Waals surface area contributed by atoms with E-state index in [0.29, 0.717) is 0 Å². The van der Waals surface area contributed by atoms with Crippen LogP contribution in [-0.4, -0.2) is 6.16 Å². The fourth-order valence-corrected chi connectivity index (χ4v) is 8.73. The van der Waals surface area contributed by atoms with Crippen LogP contribution in [0.25, 0.3) is 0 Å². The lowest BCUT2D eigenvalue weighted by Gasteiger charge is -2.28. The molecule has 3 aromatic rings. The lowest BCUT2D eigenvalue weighted by molar-refractivity contribution is 0.491. The molecular weight excluding hydrogens is 379 g/mol. The van der Waals surface area contributed by atoms with Crippen molar-refractivity contribution in [3.8, 4) is 0 Å². The van der Waals surface area contributed by atoms with Gasteiger partial charge in [-0.05, 0) is 81.8 Å². The molecule has 3 aromatic carbocycles. The fraction of sp³-hybridized carbons (Fsp3) is 0.310. The first-order valence-corrected chi connectivity index (χ1v) is 13.3. The largest absolute Gasteiger partial charge is 0.112 e. The normalized spacial score (nSPS) is 12.4. The van der Waals surface area contributed by atoms with Crippen LogP contribution >= 0.6 is 7.26 Å². The molecule has 0 aromatic heterocycles. The van der Waals surface area contributed by atoms with Crippen LogP contribution in [0.3, 0.4) is 0 Å². The summed E-state index contributed by atoms with van der Waals surface area (Å²) < 4.78 is 0. The van der Waals surface area contributed by atoms with Gasteiger partial charge < -0.3 is 0 Å². The molecule has 0 spiro atoms. The van der Waals surface area contributed by atoms with Crippen molar-refractivity contribution < 1.29 is 0 Å². The molecule has 0 aliphatic carbocycles. The predicted molar refractivity (Wildman–Crippen MR) is 137 cm³/mol. The van der Waals surface area contributed by atoms with Crippen molar-refractivity contribution in [3.05, 3.63) is 103 Å². The number of rotatable bonds is 10. The summed E-state index contributed by atoms with van der Waals surface area (Å²) in [5, 5.41) is 4.50. The first kappa shape index (κ1) is 22.5. The summed E-state index contributed by atoms with van der Waals surface area (Å²) in [7, 11) is -1.66. The molecule has 3 rings (SSSR count). The lowest BCUT2D eigenvalue weighted by atomic mass is 10.00. The molecule has 0 nitrogen and oxygen atoms in total. The molecule has 0 saturated heterocycles. The Balaban J connectivity index is 1.91. The Morgan fingerprint density at radius 2 is 1.13 bits per heavy atom. The summed E-state index contributed by atoms with van der Waals surface area (Å²) in [6.07, 6.45) is 8.68. The molecule has 0 radical (unpaired) electrons. The van der Waals surface area contributed by atoms with Crippen LogP contribution in [0.5, 0.6) is 0 Å². The molecule has 0 fully saturated rings. The molecule has 30 heavy (non-hydrogen) atoms. The van der Waals surface area contributed by atoms with Gasteiger partial charge in [0.2, 0.25) is 0 Å². The molecule has 156 valence electrons. The highest BCUT2D eigenvalue weighted by atomic mass is 31.2. The Morgan fingerprint density at radius 3 is 1.53 bits per heavy atom. The van der Waals surface area contributed by atoms with Gasteiger partial charge in [-0.1, -0.05) is 73.2 Å². The van der Waals surface area contributed by atoms with Gasteiger partial charge in [-0.2, -0.15) is 0 Å². The summed E-state index contributed by atoms with van der Waals surface area (Å²) >= 11 is 0. The molecule has 0 aliphatic heterocycles. The van der Waals surface area contributed by atoms with E-state index in [4.69, 9.17) is 0 Å². The third kappa shape index (κ3) is 5.71. The van der Waals surface area contributed by atoms with Crippen LogP contribution in [-0.2, 0) is 0 Å². The standard InChI is InChI=1S/C29H36P/c1-25(2)15-13-16-26(3)17-14-24-30(27-18-7-4-8-19-27,28-20-9-5-10-21-28)29-22-11-6-12-23-29/h4-12,15,18-23,26H,13-14,16-17,24H2,1-3H3/q+1/t26-/m1/s1. The molecule has 0 aliphatic rings. The van der Waals surface area contributed by atoms with Crippen molar-refractivity contribution in [3.63, 3.8) is 0 Å². The lowest BCUT2D eigenvalue weighted by Crippen LogP contribution is -2.33. The molecule has 0 heterocycles. The zero-order chi connectivity index (χ0) is 21.2. The third-order valence-electron chi connectivity index (χ3n) is 5.99. The fourth-order valence-electron chi connectivity index (χ4n) is 4.36. The SMILES string of the molecule is CC(C)=CCC[C@@H](C)CCC[P+](c1ccccc1)(c1ccccc1)c1ccccc1. The quantitative estimate of drug-likeness (QED) is 0.244. The van der Waals surface area contributed by atoms with Gasteiger partial charge in [-0.25, -0.2) is 0 Å². The van der Waals surface area contributed by atoms with Crippen molar-refractivity contribution in [2.24, 2.45) is 5.92 Å². The molecule has 1 heteroatoms. The van der Waals surface area contributed by atoms with Crippen molar-refractivity contribution in [1.82, 2.24) is 0 Å². The van der Waals surface area contributed by atoms with E-state index in [0.717, 1.165) is 5.92 Å². The minimum atomic E-state index is -1.66. The number of allylic oxidation sites excluding steroid dienone is 2. The Morgan fingerprint density at radius 1 is 0.700 bits per heavy atom.